The molecule has 2 aromatic carbocycles. The SMILES string of the molecule is CCOC(=O)C1=CCC(C(c2ccccc2)c2ccccc2)=C(OC)O1. The first-order chi connectivity index (χ1) is 12.7. The normalized spacial score (nSPS) is 13.9. The molecule has 1 aliphatic heterocycles. The van der Waals surface area contributed by atoms with Gasteiger partial charge in [-0.05, 0) is 30.5 Å². The van der Waals surface area contributed by atoms with Crippen molar-refractivity contribution < 1.29 is 19.0 Å². The number of allylic oxidation sites excluding steroid dienone is 2. The lowest BCUT2D eigenvalue weighted by atomic mass is 9.83. The molecule has 0 spiro atoms. The van der Waals surface area contributed by atoms with Gasteiger partial charge in [-0.25, -0.2) is 4.79 Å². The van der Waals surface area contributed by atoms with Crippen LogP contribution >= 0.6 is 0 Å². The molecule has 0 unspecified atom stereocenters. The third-order valence-electron chi connectivity index (χ3n) is 4.25. The van der Waals surface area contributed by atoms with Gasteiger partial charge in [-0.3, -0.25) is 0 Å². The number of carbonyl (C=O) groups is 1. The van der Waals surface area contributed by atoms with Gasteiger partial charge in [-0.15, -0.1) is 0 Å². The van der Waals surface area contributed by atoms with E-state index >= 15 is 0 Å². The van der Waals surface area contributed by atoms with Crippen LogP contribution in [0.2, 0.25) is 0 Å². The molecule has 0 radical (unpaired) electrons. The van der Waals surface area contributed by atoms with Crippen LogP contribution in [0.5, 0.6) is 0 Å². The number of hydrogen-bond donors (Lipinski definition) is 0. The highest BCUT2D eigenvalue weighted by Crippen LogP contribution is 2.38. The summed E-state index contributed by atoms with van der Waals surface area (Å²) in [6, 6.07) is 20.4. The highest BCUT2D eigenvalue weighted by Gasteiger charge is 2.29. The van der Waals surface area contributed by atoms with Gasteiger partial charge in [0.15, 0.2) is 0 Å². The summed E-state index contributed by atoms with van der Waals surface area (Å²) in [7, 11) is 1.55. The Bertz CT molecular complexity index is 767. The number of esters is 1. The molecule has 0 aromatic heterocycles. The van der Waals surface area contributed by atoms with Crippen LogP contribution in [0.25, 0.3) is 0 Å². The maximum atomic E-state index is 12.0. The highest BCUT2D eigenvalue weighted by molar-refractivity contribution is 5.86. The van der Waals surface area contributed by atoms with Gasteiger partial charge in [0.05, 0.1) is 13.7 Å². The van der Waals surface area contributed by atoms with Crippen LogP contribution in [0.4, 0.5) is 0 Å². The largest absolute Gasteiger partial charge is 0.468 e. The second-order valence-electron chi connectivity index (χ2n) is 5.87. The fourth-order valence-electron chi connectivity index (χ4n) is 3.11. The van der Waals surface area contributed by atoms with Gasteiger partial charge < -0.3 is 14.2 Å². The second-order valence-corrected chi connectivity index (χ2v) is 5.87. The summed E-state index contributed by atoms with van der Waals surface area (Å²) in [4.78, 5) is 12.0. The standard InChI is InChI=1S/C22H22O4/c1-3-25-21(23)19-15-14-18(22(24-2)26-19)20(16-10-6-4-7-11-16)17-12-8-5-9-13-17/h4-13,15,20H,3,14H2,1-2H3. The molecule has 0 amide bonds. The Morgan fingerprint density at radius 2 is 1.62 bits per heavy atom. The van der Waals surface area contributed by atoms with Crippen molar-refractivity contribution in [3.8, 4) is 0 Å². The first-order valence-corrected chi connectivity index (χ1v) is 8.66. The summed E-state index contributed by atoms with van der Waals surface area (Å²) in [5.41, 5.74) is 3.25. The predicted molar refractivity (Wildman–Crippen MR) is 99.2 cm³/mol. The Balaban J connectivity index is 2.00. The van der Waals surface area contributed by atoms with E-state index in [1.807, 2.05) is 36.4 Å². The predicted octanol–water partition coefficient (Wildman–Crippen LogP) is 4.54. The van der Waals surface area contributed by atoms with E-state index in [0.717, 1.165) is 16.7 Å². The highest BCUT2D eigenvalue weighted by atomic mass is 16.7. The second kappa shape index (κ2) is 8.39. The van der Waals surface area contributed by atoms with Gasteiger partial charge in [0.1, 0.15) is 0 Å². The molecule has 1 heterocycles. The van der Waals surface area contributed by atoms with Crippen LogP contribution in [0.15, 0.2) is 84.0 Å². The molecular weight excluding hydrogens is 328 g/mol. The van der Waals surface area contributed by atoms with Crippen LogP contribution in [-0.2, 0) is 19.0 Å². The molecule has 0 bridgehead atoms. The number of carbonyl (C=O) groups excluding carboxylic acids is 1. The zero-order chi connectivity index (χ0) is 18.4. The molecule has 0 aliphatic carbocycles. The van der Waals surface area contributed by atoms with Crippen molar-refractivity contribution in [2.45, 2.75) is 19.3 Å². The molecule has 134 valence electrons. The molecule has 0 saturated carbocycles. The molecule has 0 saturated heterocycles. The first kappa shape index (κ1) is 17.8. The van der Waals surface area contributed by atoms with Crippen molar-refractivity contribution >= 4 is 5.97 Å². The third-order valence-corrected chi connectivity index (χ3v) is 4.25. The van der Waals surface area contributed by atoms with Gasteiger partial charge in [-0.1, -0.05) is 60.7 Å². The van der Waals surface area contributed by atoms with Gasteiger partial charge in [0, 0.05) is 11.5 Å². The maximum Gasteiger partial charge on any atom is 0.374 e. The Morgan fingerprint density at radius 1 is 1.04 bits per heavy atom. The van der Waals surface area contributed by atoms with Crippen LogP contribution < -0.4 is 0 Å². The van der Waals surface area contributed by atoms with Crippen molar-refractivity contribution in [3.63, 3.8) is 0 Å². The van der Waals surface area contributed by atoms with Gasteiger partial charge in [-0.2, -0.15) is 0 Å². The van der Waals surface area contributed by atoms with E-state index in [2.05, 4.69) is 24.3 Å². The Hall–Kier alpha value is -3.01. The average Bonchev–Trinajstić information content (AvgIpc) is 2.70. The number of benzene rings is 2. The number of methoxy groups -OCH3 is 1. The average molecular weight is 350 g/mol. The lowest BCUT2D eigenvalue weighted by molar-refractivity contribution is -0.143. The van der Waals surface area contributed by atoms with E-state index in [4.69, 9.17) is 14.2 Å². The van der Waals surface area contributed by atoms with E-state index in [1.54, 1.807) is 20.1 Å². The van der Waals surface area contributed by atoms with Gasteiger partial charge in [0.2, 0.25) is 5.76 Å². The molecule has 0 N–H and O–H groups in total. The van der Waals surface area contributed by atoms with Crippen LogP contribution in [0.1, 0.15) is 30.4 Å². The molecule has 4 nitrogen and oxygen atoms in total. The van der Waals surface area contributed by atoms with E-state index in [1.165, 1.54) is 0 Å². The number of ether oxygens (including phenoxy) is 3. The van der Waals surface area contributed by atoms with E-state index in [9.17, 15) is 4.79 Å². The summed E-state index contributed by atoms with van der Waals surface area (Å²) in [6.07, 6.45) is 2.31. The van der Waals surface area contributed by atoms with Crippen LogP contribution in [-0.4, -0.2) is 19.7 Å². The smallest absolute Gasteiger partial charge is 0.374 e. The molecule has 1 aliphatic rings. The zero-order valence-corrected chi connectivity index (χ0v) is 15.0. The summed E-state index contributed by atoms with van der Waals surface area (Å²) >= 11 is 0. The van der Waals surface area contributed by atoms with Crippen LogP contribution in [0, 0.1) is 0 Å². The monoisotopic (exact) mass is 350 g/mol. The first-order valence-electron chi connectivity index (χ1n) is 8.66. The Kier molecular flexibility index (Phi) is 5.74. The van der Waals surface area contributed by atoms with Crippen molar-refractivity contribution in [2.75, 3.05) is 13.7 Å². The van der Waals surface area contributed by atoms with Crippen molar-refractivity contribution in [1.29, 1.82) is 0 Å². The molecule has 26 heavy (non-hydrogen) atoms. The molecule has 0 atom stereocenters. The summed E-state index contributed by atoms with van der Waals surface area (Å²) in [5.74, 6) is 0.0324. The maximum absolute atomic E-state index is 12.0. The minimum absolute atomic E-state index is 0.0210. The molecule has 3 rings (SSSR count). The molecule has 4 heteroatoms. The van der Waals surface area contributed by atoms with Crippen molar-refractivity contribution in [3.05, 3.63) is 95.1 Å². The lowest BCUT2D eigenvalue weighted by Crippen LogP contribution is -2.18. The fraction of sp³-hybridized carbons (Fsp3) is 0.227. The fourth-order valence-corrected chi connectivity index (χ4v) is 3.11. The quantitative estimate of drug-likeness (QED) is 0.717. The summed E-state index contributed by atoms with van der Waals surface area (Å²) in [5, 5.41) is 0. The van der Waals surface area contributed by atoms with Crippen molar-refractivity contribution in [1.82, 2.24) is 0 Å². The summed E-state index contributed by atoms with van der Waals surface area (Å²) in [6.45, 7) is 2.07. The molecule has 2 aromatic rings. The van der Waals surface area contributed by atoms with Crippen molar-refractivity contribution in [2.24, 2.45) is 0 Å². The minimum Gasteiger partial charge on any atom is -0.468 e. The number of rotatable bonds is 6. The topological polar surface area (TPSA) is 44.8 Å². The van der Waals surface area contributed by atoms with E-state index in [-0.39, 0.29) is 11.7 Å². The molecule has 0 fully saturated rings. The minimum atomic E-state index is -0.475. The number of hydrogen-bond acceptors (Lipinski definition) is 4. The zero-order valence-electron chi connectivity index (χ0n) is 15.0. The van der Waals surface area contributed by atoms with E-state index < -0.39 is 5.97 Å². The lowest BCUT2D eigenvalue weighted by Gasteiger charge is -2.26. The van der Waals surface area contributed by atoms with Gasteiger partial charge in [0.25, 0.3) is 5.95 Å². The van der Waals surface area contributed by atoms with Gasteiger partial charge >= 0.3 is 5.97 Å². The van der Waals surface area contributed by atoms with Crippen LogP contribution in [0.3, 0.4) is 0 Å². The third kappa shape index (κ3) is 3.80. The Morgan fingerprint density at radius 3 is 2.12 bits per heavy atom. The van der Waals surface area contributed by atoms with E-state index in [0.29, 0.717) is 19.0 Å². The Labute approximate surface area is 153 Å². The summed E-state index contributed by atoms with van der Waals surface area (Å²) < 4.78 is 16.3. The molecular formula is C22H22O4.